The van der Waals surface area contributed by atoms with E-state index in [0.29, 0.717) is 11.1 Å². The Morgan fingerprint density at radius 3 is 2.26 bits per heavy atom. The predicted molar refractivity (Wildman–Crippen MR) is 70.4 cm³/mol. The molecule has 0 amide bonds. The van der Waals surface area contributed by atoms with Crippen LogP contribution in [0.3, 0.4) is 0 Å². The second-order valence-corrected chi connectivity index (χ2v) is 4.55. The third-order valence-electron chi connectivity index (χ3n) is 3.08. The smallest absolute Gasteiger partial charge is 0.159 e. The Hall–Kier alpha value is -1.77. The van der Waals surface area contributed by atoms with Crippen molar-refractivity contribution < 1.29 is 13.2 Å². The van der Waals surface area contributed by atoms with Gasteiger partial charge in [-0.05, 0) is 42.2 Å². The van der Waals surface area contributed by atoms with Gasteiger partial charge < -0.3 is 0 Å². The fourth-order valence-corrected chi connectivity index (χ4v) is 1.99. The van der Waals surface area contributed by atoms with Crippen LogP contribution < -0.4 is 0 Å². The molecule has 0 unspecified atom stereocenters. The molecule has 2 aromatic rings. The molecular formula is C16H15F3. The largest absolute Gasteiger partial charge is 0.206 e. The Balaban J connectivity index is 2.32. The first kappa shape index (κ1) is 13.7. The fourth-order valence-electron chi connectivity index (χ4n) is 1.99. The van der Waals surface area contributed by atoms with Crippen LogP contribution in [-0.2, 0) is 6.42 Å². The van der Waals surface area contributed by atoms with Crippen LogP contribution in [0.15, 0.2) is 36.4 Å². The second kappa shape index (κ2) is 5.91. The molecule has 0 spiro atoms. The third kappa shape index (κ3) is 3.16. The molecule has 19 heavy (non-hydrogen) atoms. The number of hydrogen-bond acceptors (Lipinski definition) is 0. The zero-order valence-electron chi connectivity index (χ0n) is 10.7. The predicted octanol–water partition coefficient (Wildman–Crippen LogP) is 5.11. The lowest BCUT2D eigenvalue weighted by atomic mass is 10.0. The summed E-state index contributed by atoms with van der Waals surface area (Å²) in [6.07, 6.45) is 2.88. The van der Waals surface area contributed by atoms with Crippen LogP contribution >= 0.6 is 0 Å². The zero-order valence-corrected chi connectivity index (χ0v) is 10.7. The SMILES string of the molecule is CCCCc1ccc(-c2ccc(F)c(F)c2)c(F)c1. The van der Waals surface area contributed by atoms with Gasteiger partial charge >= 0.3 is 0 Å². The summed E-state index contributed by atoms with van der Waals surface area (Å²) in [5.74, 6) is -2.30. The minimum Gasteiger partial charge on any atom is -0.206 e. The fraction of sp³-hybridized carbons (Fsp3) is 0.250. The molecule has 0 aliphatic rings. The molecule has 0 N–H and O–H groups in total. The molecule has 0 bridgehead atoms. The molecule has 0 atom stereocenters. The number of unbranched alkanes of at least 4 members (excludes halogenated alkanes) is 1. The van der Waals surface area contributed by atoms with E-state index in [1.807, 2.05) is 6.07 Å². The van der Waals surface area contributed by atoms with Crippen LogP contribution in [0.5, 0.6) is 0 Å². The molecule has 0 nitrogen and oxygen atoms in total. The van der Waals surface area contributed by atoms with Crippen LogP contribution in [0.25, 0.3) is 11.1 Å². The first-order valence-electron chi connectivity index (χ1n) is 6.35. The van der Waals surface area contributed by atoms with E-state index in [9.17, 15) is 13.2 Å². The standard InChI is InChI=1S/C16H15F3/c1-2-3-4-11-5-7-13(15(18)9-11)12-6-8-14(17)16(19)10-12/h5-10H,2-4H2,1H3. The number of rotatable bonds is 4. The average molecular weight is 264 g/mol. The van der Waals surface area contributed by atoms with Gasteiger partial charge in [0.2, 0.25) is 0 Å². The lowest BCUT2D eigenvalue weighted by molar-refractivity contribution is 0.509. The monoisotopic (exact) mass is 264 g/mol. The van der Waals surface area contributed by atoms with E-state index in [4.69, 9.17) is 0 Å². The summed E-state index contributed by atoms with van der Waals surface area (Å²) < 4.78 is 40.0. The van der Waals surface area contributed by atoms with E-state index in [1.54, 1.807) is 6.07 Å². The van der Waals surface area contributed by atoms with Crippen LogP contribution in [-0.4, -0.2) is 0 Å². The van der Waals surface area contributed by atoms with E-state index in [1.165, 1.54) is 12.1 Å². The highest BCUT2D eigenvalue weighted by Gasteiger charge is 2.09. The Labute approximate surface area is 110 Å². The Kier molecular flexibility index (Phi) is 4.25. The molecule has 0 radical (unpaired) electrons. The van der Waals surface area contributed by atoms with Crippen molar-refractivity contribution in [1.82, 2.24) is 0 Å². The van der Waals surface area contributed by atoms with Gasteiger partial charge in [0.05, 0.1) is 0 Å². The maximum atomic E-state index is 14.0. The van der Waals surface area contributed by atoms with Gasteiger partial charge in [0, 0.05) is 5.56 Å². The lowest BCUT2D eigenvalue weighted by Gasteiger charge is -2.07. The molecule has 0 fully saturated rings. The molecule has 0 aromatic heterocycles. The lowest BCUT2D eigenvalue weighted by Crippen LogP contribution is -1.91. The third-order valence-corrected chi connectivity index (χ3v) is 3.08. The first-order chi connectivity index (χ1) is 9.11. The summed E-state index contributed by atoms with van der Waals surface area (Å²) in [6, 6.07) is 8.31. The van der Waals surface area contributed by atoms with Gasteiger partial charge in [0.1, 0.15) is 5.82 Å². The van der Waals surface area contributed by atoms with Crippen molar-refractivity contribution in [3.63, 3.8) is 0 Å². The van der Waals surface area contributed by atoms with Crippen LogP contribution in [0.4, 0.5) is 13.2 Å². The summed E-state index contributed by atoms with van der Waals surface area (Å²) in [5, 5.41) is 0. The van der Waals surface area contributed by atoms with Gasteiger partial charge in [-0.1, -0.05) is 31.5 Å². The number of benzene rings is 2. The number of hydrogen-bond donors (Lipinski definition) is 0. The summed E-state index contributed by atoms with van der Waals surface area (Å²) in [4.78, 5) is 0. The summed E-state index contributed by atoms with van der Waals surface area (Å²) in [7, 11) is 0. The molecular weight excluding hydrogens is 249 g/mol. The number of halogens is 3. The molecule has 100 valence electrons. The van der Waals surface area contributed by atoms with Crippen molar-refractivity contribution in [2.75, 3.05) is 0 Å². The van der Waals surface area contributed by atoms with Gasteiger partial charge in [-0.25, -0.2) is 13.2 Å². The van der Waals surface area contributed by atoms with Gasteiger partial charge in [-0.3, -0.25) is 0 Å². The number of aryl methyl sites for hydroxylation is 1. The topological polar surface area (TPSA) is 0 Å². The van der Waals surface area contributed by atoms with E-state index < -0.39 is 17.5 Å². The first-order valence-corrected chi connectivity index (χ1v) is 6.35. The highest BCUT2D eigenvalue weighted by atomic mass is 19.2. The van der Waals surface area contributed by atoms with E-state index in [2.05, 4.69) is 6.92 Å². The molecule has 2 aromatic carbocycles. The maximum absolute atomic E-state index is 14.0. The zero-order chi connectivity index (χ0) is 13.8. The normalized spacial score (nSPS) is 10.7. The van der Waals surface area contributed by atoms with Crippen molar-refractivity contribution in [2.45, 2.75) is 26.2 Å². The van der Waals surface area contributed by atoms with Crippen molar-refractivity contribution in [3.05, 3.63) is 59.4 Å². The summed E-state index contributed by atoms with van der Waals surface area (Å²) >= 11 is 0. The summed E-state index contributed by atoms with van der Waals surface area (Å²) in [5.41, 5.74) is 1.56. The maximum Gasteiger partial charge on any atom is 0.159 e. The molecule has 2 rings (SSSR count). The molecule has 0 heterocycles. The van der Waals surface area contributed by atoms with Crippen molar-refractivity contribution >= 4 is 0 Å². The van der Waals surface area contributed by atoms with Gasteiger partial charge in [0.25, 0.3) is 0 Å². The molecule has 3 heteroatoms. The quantitative estimate of drug-likeness (QED) is 0.719. The van der Waals surface area contributed by atoms with E-state index in [0.717, 1.165) is 37.0 Å². The summed E-state index contributed by atoms with van der Waals surface area (Å²) in [6.45, 7) is 2.08. The highest BCUT2D eigenvalue weighted by molar-refractivity contribution is 5.64. The van der Waals surface area contributed by atoms with E-state index in [-0.39, 0.29) is 0 Å². The van der Waals surface area contributed by atoms with Crippen molar-refractivity contribution in [2.24, 2.45) is 0 Å². The van der Waals surface area contributed by atoms with Crippen LogP contribution in [0, 0.1) is 17.5 Å². The average Bonchev–Trinajstić information content (AvgIpc) is 2.40. The van der Waals surface area contributed by atoms with Crippen LogP contribution in [0.1, 0.15) is 25.3 Å². The van der Waals surface area contributed by atoms with Crippen LogP contribution in [0.2, 0.25) is 0 Å². The molecule has 0 aliphatic carbocycles. The molecule has 0 saturated heterocycles. The van der Waals surface area contributed by atoms with Gasteiger partial charge in [-0.15, -0.1) is 0 Å². The Bertz CT molecular complexity index is 576. The Morgan fingerprint density at radius 1 is 0.842 bits per heavy atom. The van der Waals surface area contributed by atoms with Gasteiger partial charge in [0.15, 0.2) is 11.6 Å². The Morgan fingerprint density at radius 2 is 1.63 bits per heavy atom. The van der Waals surface area contributed by atoms with E-state index >= 15 is 0 Å². The van der Waals surface area contributed by atoms with Crippen molar-refractivity contribution in [1.29, 1.82) is 0 Å². The second-order valence-electron chi connectivity index (χ2n) is 4.55. The molecule has 0 saturated carbocycles. The van der Waals surface area contributed by atoms with Crippen molar-refractivity contribution in [3.8, 4) is 11.1 Å². The minimum atomic E-state index is -0.966. The van der Waals surface area contributed by atoms with Gasteiger partial charge in [-0.2, -0.15) is 0 Å². The highest BCUT2D eigenvalue weighted by Crippen LogP contribution is 2.25. The molecule has 0 aliphatic heterocycles. The minimum absolute atomic E-state index is 0.291.